The lowest BCUT2D eigenvalue weighted by atomic mass is 10.1. The topological polar surface area (TPSA) is 92.8 Å². The lowest BCUT2D eigenvalue weighted by Gasteiger charge is -2.30. The number of hydrogen-bond acceptors (Lipinski definition) is 5. The molecule has 0 aromatic heterocycles. The Bertz CT molecular complexity index is 988. The number of benzene rings is 2. The van der Waals surface area contributed by atoms with Gasteiger partial charge in [0.1, 0.15) is 6.04 Å². The average molecular weight is 419 g/mol. The summed E-state index contributed by atoms with van der Waals surface area (Å²) in [5.74, 6) is -1.09. The highest BCUT2D eigenvalue weighted by Gasteiger charge is 2.32. The maximum absolute atomic E-state index is 13.1. The van der Waals surface area contributed by atoms with Gasteiger partial charge in [-0.2, -0.15) is 0 Å². The molecule has 0 spiro atoms. The van der Waals surface area contributed by atoms with Gasteiger partial charge in [0.15, 0.2) is 0 Å². The van der Waals surface area contributed by atoms with E-state index >= 15 is 0 Å². The Balaban J connectivity index is 2.40. The van der Waals surface area contributed by atoms with Crippen LogP contribution in [0.25, 0.3) is 0 Å². The number of sulfonamides is 1. The Morgan fingerprint density at radius 1 is 1.10 bits per heavy atom. The van der Waals surface area contributed by atoms with Crippen LogP contribution < -0.4 is 9.62 Å². The van der Waals surface area contributed by atoms with Crippen molar-refractivity contribution in [1.82, 2.24) is 0 Å². The van der Waals surface area contributed by atoms with E-state index in [4.69, 9.17) is 4.74 Å². The van der Waals surface area contributed by atoms with E-state index in [0.717, 1.165) is 16.1 Å². The largest absolute Gasteiger partial charge is 0.462 e. The van der Waals surface area contributed by atoms with E-state index < -0.39 is 27.9 Å². The molecule has 0 bridgehead atoms. The van der Waals surface area contributed by atoms with Crippen LogP contribution in [0.5, 0.6) is 0 Å². The number of rotatable bonds is 8. The average Bonchev–Trinajstić information content (AvgIpc) is 2.65. The highest BCUT2D eigenvalue weighted by molar-refractivity contribution is 7.92. The van der Waals surface area contributed by atoms with Crippen molar-refractivity contribution >= 4 is 33.3 Å². The fraction of sp³-hybridized carbons (Fsp3) is 0.333. The molecule has 156 valence electrons. The van der Waals surface area contributed by atoms with E-state index in [1.807, 2.05) is 13.0 Å². The summed E-state index contributed by atoms with van der Waals surface area (Å²) >= 11 is 0. The first-order valence-corrected chi connectivity index (χ1v) is 11.2. The van der Waals surface area contributed by atoms with Gasteiger partial charge in [0.2, 0.25) is 15.9 Å². The second-order valence-electron chi connectivity index (χ2n) is 6.58. The SMILES string of the molecule is CCOC(=O)c1ccccc1NC(=O)[C@H](CC)N(c1cccc(C)c1)S(C)(=O)=O. The van der Waals surface area contributed by atoms with Crippen LogP contribution in [0.2, 0.25) is 0 Å². The summed E-state index contributed by atoms with van der Waals surface area (Å²) in [4.78, 5) is 25.2. The van der Waals surface area contributed by atoms with Crippen molar-refractivity contribution in [3.05, 3.63) is 59.7 Å². The van der Waals surface area contributed by atoms with Gasteiger partial charge < -0.3 is 10.1 Å². The first-order chi connectivity index (χ1) is 13.7. The fourth-order valence-electron chi connectivity index (χ4n) is 3.02. The number of ether oxygens (including phenoxy) is 1. The van der Waals surface area contributed by atoms with E-state index in [9.17, 15) is 18.0 Å². The molecule has 0 fully saturated rings. The van der Waals surface area contributed by atoms with Gasteiger partial charge in [0.25, 0.3) is 0 Å². The first-order valence-electron chi connectivity index (χ1n) is 9.32. The molecule has 0 saturated heterocycles. The minimum absolute atomic E-state index is 0.202. The summed E-state index contributed by atoms with van der Waals surface area (Å²) in [5.41, 5.74) is 1.76. The highest BCUT2D eigenvalue weighted by atomic mass is 32.2. The normalized spacial score (nSPS) is 12.1. The van der Waals surface area contributed by atoms with E-state index in [-0.39, 0.29) is 24.3 Å². The Kier molecular flexibility index (Phi) is 7.39. The second-order valence-corrected chi connectivity index (χ2v) is 8.44. The van der Waals surface area contributed by atoms with Crippen molar-refractivity contribution in [1.29, 1.82) is 0 Å². The monoisotopic (exact) mass is 418 g/mol. The molecule has 2 aromatic rings. The number of hydrogen-bond donors (Lipinski definition) is 1. The number of carbonyl (C=O) groups is 2. The molecule has 29 heavy (non-hydrogen) atoms. The van der Waals surface area contributed by atoms with Gasteiger partial charge in [-0.25, -0.2) is 13.2 Å². The summed E-state index contributed by atoms with van der Waals surface area (Å²) < 4.78 is 31.2. The molecule has 1 amide bonds. The zero-order valence-corrected chi connectivity index (χ0v) is 17.8. The van der Waals surface area contributed by atoms with Crippen molar-refractivity contribution in [2.24, 2.45) is 0 Å². The Labute approximate surface area is 171 Å². The van der Waals surface area contributed by atoms with Crippen LogP contribution >= 0.6 is 0 Å². The molecule has 7 nitrogen and oxygen atoms in total. The summed E-state index contributed by atoms with van der Waals surface area (Å²) in [6.45, 7) is 5.47. The zero-order chi connectivity index (χ0) is 21.6. The molecule has 0 unspecified atom stereocenters. The highest BCUT2D eigenvalue weighted by Crippen LogP contribution is 2.25. The summed E-state index contributed by atoms with van der Waals surface area (Å²) in [7, 11) is -3.74. The fourth-order valence-corrected chi connectivity index (χ4v) is 4.22. The number of nitrogens with one attached hydrogen (secondary N) is 1. The second kappa shape index (κ2) is 9.56. The molecule has 0 aliphatic rings. The molecule has 1 atom stereocenters. The Hall–Kier alpha value is -2.87. The van der Waals surface area contributed by atoms with Gasteiger partial charge >= 0.3 is 5.97 Å². The summed E-state index contributed by atoms with van der Waals surface area (Å²) in [5, 5.41) is 2.69. The standard InChI is InChI=1S/C21H26N2O5S/c1-5-19(23(29(4,26)27)16-11-9-10-15(3)14-16)20(24)22-18-13-8-7-12-17(18)21(25)28-6-2/h7-14,19H,5-6H2,1-4H3,(H,22,24)/t19-/m0/s1. The third kappa shape index (κ3) is 5.57. The van der Waals surface area contributed by atoms with Crippen LogP contribution in [-0.2, 0) is 19.6 Å². The van der Waals surface area contributed by atoms with Crippen molar-refractivity contribution in [3.63, 3.8) is 0 Å². The number of esters is 1. The molecule has 0 radical (unpaired) electrons. The number of aryl methyl sites for hydroxylation is 1. The van der Waals surface area contributed by atoms with E-state index in [0.29, 0.717) is 5.69 Å². The van der Waals surface area contributed by atoms with E-state index in [2.05, 4.69) is 5.32 Å². The maximum atomic E-state index is 13.1. The number of amides is 1. The number of nitrogens with zero attached hydrogens (tertiary/aromatic N) is 1. The number of carbonyl (C=O) groups excluding carboxylic acids is 2. The van der Waals surface area contributed by atoms with Gasteiger partial charge in [0, 0.05) is 0 Å². The van der Waals surface area contributed by atoms with Crippen LogP contribution in [0.1, 0.15) is 36.2 Å². The van der Waals surface area contributed by atoms with Gasteiger partial charge in [-0.1, -0.05) is 31.2 Å². The van der Waals surface area contributed by atoms with Crippen molar-refractivity contribution in [2.75, 3.05) is 22.5 Å². The first kappa shape index (κ1) is 22.4. The van der Waals surface area contributed by atoms with Crippen LogP contribution in [-0.4, -0.2) is 39.2 Å². The van der Waals surface area contributed by atoms with Gasteiger partial charge in [-0.05, 0) is 50.1 Å². The van der Waals surface area contributed by atoms with E-state index in [1.54, 1.807) is 56.3 Å². The molecule has 2 aromatic carbocycles. The smallest absolute Gasteiger partial charge is 0.340 e. The van der Waals surface area contributed by atoms with Crippen LogP contribution in [0, 0.1) is 6.92 Å². The predicted octanol–water partition coefficient (Wildman–Crippen LogP) is 3.36. The molecule has 0 saturated carbocycles. The predicted molar refractivity (Wildman–Crippen MR) is 114 cm³/mol. The van der Waals surface area contributed by atoms with Gasteiger partial charge in [-0.15, -0.1) is 0 Å². The summed E-state index contributed by atoms with van der Waals surface area (Å²) in [6.07, 6.45) is 1.31. The molecule has 0 aliphatic carbocycles. The lowest BCUT2D eigenvalue weighted by molar-refractivity contribution is -0.117. The van der Waals surface area contributed by atoms with Gasteiger partial charge in [-0.3, -0.25) is 9.10 Å². The van der Waals surface area contributed by atoms with Crippen molar-refractivity contribution < 1.29 is 22.7 Å². The molecule has 0 aliphatic heterocycles. The maximum Gasteiger partial charge on any atom is 0.340 e. The van der Waals surface area contributed by atoms with E-state index in [1.165, 1.54) is 0 Å². The third-order valence-electron chi connectivity index (χ3n) is 4.27. The Morgan fingerprint density at radius 3 is 2.38 bits per heavy atom. The molecular weight excluding hydrogens is 392 g/mol. The Morgan fingerprint density at radius 2 is 1.79 bits per heavy atom. The molecule has 0 heterocycles. The summed E-state index contributed by atoms with van der Waals surface area (Å²) in [6, 6.07) is 12.4. The van der Waals surface area contributed by atoms with Crippen molar-refractivity contribution in [2.45, 2.75) is 33.2 Å². The van der Waals surface area contributed by atoms with Crippen molar-refractivity contribution in [3.8, 4) is 0 Å². The zero-order valence-electron chi connectivity index (χ0n) is 17.0. The molecular formula is C21H26N2O5S. The van der Waals surface area contributed by atoms with Crippen LogP contribution in [0.15, 0.2) is 48.5 Å². The molecule has 8 heteroatoms. The third-order valence-corrected chi connectivity index (χ3v) is 5.45. The van der Waals surface area contributed by atoms with Crippen LogP contribution in [0.3, 0.4) is 0 Å². The lowest BCUT2D eigenvalue weighted by Crippen LogP contribution is -2.47. The van der Waals surface area contributed by atoms with Gasteiger partial charge in [0.05, 0.1) is 29.8 Å². The minimum Gasteiger partial charge on any atom is -0.462 e. The number of para-hydroxylation sites is 1. The number of anilines is 2. The van der Waals surface area contributed by atoms with Crippen LogP contribution in [0.4, 0.5) is 11.4 Å². The molecule has 2 rings (SSSR count). The minimum atomic E-state index is -3.74. The molecule has 1 N–H and O–H groups in total. The quantitative estimate of drug-likeness (QED) is 0.664.